The molecule has 5 heteroatoms. The summed E-state index contributed by atoms with van der Waals surface area (Å²) < 4.78 is 6.94. The molecule has 8 aromatic carbocycles. The first kappa shape index (κ1) is 31.6. The van der Waals surface area contributed by atoms with E-state index in [4.69, 9.17) is 9.97 Å². The van der Waals surface area contributed by atoms with Gasteiger partial charge in [0.05, 0.1) is 38.8 Å². The standard InChI is InChI=1S/C52H33N5/c1-4-14-34(15-5-1)35-24-26-36(27-25-35)51-41-21-10-12-22-45(41)53-52(54-51)57-48-30-37-28-29-55(38-16-6-2-7-17-38)47(37)32-44(48)43-31-42-40-20-11-13-23-46(40)56(49(42)33-50(43)57)39-18-8-3-9-19-39/h1-33H. The molecule has 12 aromatic rings. The van der Waals surface area contributed by atoms with E-state index in [1.165, 1.54) is 27.4 Å². The normalized spacial score (nSPS) is 11.9. The predicted molar refractivity (Wildman–Crippen MR) is 236 cm³/mol. The van der Waals surface area contributed by atoms with E-state index in [0.717, 1.165) is 71.8 Å². The molecule has 0 saturated heterocycles. The van der Waals surface area contributed by atoms with Gasteiger partial charge in [-0.2, -0.15) is 0 Å². The number of para-hydroxylation sites is 4. The van der Waals surface area contributed by atoms with Gasteiger partial charge < -0.3 is 9.13 Å². The quantitative estimate of drug-likeness (QED) is 0.177. The highest BCUT2D eigenvalue weighted by Gasteiger charge is 2.22. The van der Waals surface area contributed by atoms with Crippen LogP contribution in [0.4, 0.5) is 0 Å². The molecule has 266 valence electrons. The molecule has 0 amide bonds. The Balaban J connectivity index is 1.18. The molecular weight excluding hydrogens is 695 g/mol. The Hall–Kier alpha value is -7.76. The topological polar surface area (TPSA) is 40.6 Å². The lowest BCUT2D eigenvalue weighted by molar-refractivity contribution is 1.01. The SMILES string of the molecule is c1ccc(-c2ccc(-c3nc(-n4c5cc6ccn(-c7ccccc7)c6cc5c5cc6c7ccccc7n(-c7ccccc7)c6cc54)nc4ccccc34)cc2)cc1. The molecule has 5 nitrogen and oxygen atoms in total. The maximum Gasteiger partial charge on any atom is 0.235 e. The number of hydrogen-bond acceptors (Lipinski definition) is 2. The van der Waals surface area contributed by atoms with Crippen molar-refractivity contribution in [3.05, 3.63) is 200 Å². The van der Waals surface area contributed by atoms with Gasteiger partial charge in [-0.15, -0.1) is 0 Å². The van der Waals surface area contributed by atoms with E-state index in [1.54, 1.807) is 0 Å². The Bertz CT molecular complexity index is 3490. The Morgan fingerprint density at radius 1 is 0.333 bits per heavy atom. The highest BCUT2D eigenvalue weighted by molar-refractivity contribution is 6.20. The van der Waals surface area contributed by atoms with Gasteiger partial charge >= 0.3 is 0 Å². The van der Waals surface area contributed by atoms with Gasteiger partial charge in [0.25, 0.3) is 0 Å². The fourth-order valence-corrected chi connectivity index (χ4v) is 8.83. The van der Waals surface area contributed by atoms with Crippen LogP contribution in [0.1, 0.15) is 0 Å². The lowest BCUT2D eigenvalue weighted by Gasteiger charge is -2.13. The summed E-state index contributed by atoms with van der Waals surface area (Å²) in [6.07, 6.45) is 2.17. The van der Waals surface area contributed by atoms with E-state index in [9.17, 15) is 0 Å². The van der Waals surface area contributed by atoms with Crippen LogP contribution in [-0.4, -0.2) is 23.7 Å². The molecule has 0 bridgehead atoms. The first-order valence-corrected chi connectivity index (χ1v) is 19.3. The van der Waals surface area contributed by atoms with Crippen LogP contribution >= 0.6 is 0 Å². The van der Waals surface area contributed by atoms with E-state index in [0.29, 0.717) is 5.95 Å². The molecule has 0 spiro atoms. The molecule has 0 unspecified atom stereocenters. The van der Waals surface area contributed by atoms with Crippen LogP contribution in [0.2, 0.25) is 0 Å². The number of aromatic nitrogens is 5. The fraction of sp³-hybridized carbons (Fsp3) is 0. The largest absolute Gasteiger partial charge is 0.317 e. The summed E-state index contributed by atoms with van der Waals surface area (Å²) in [6, 6.07) is 69.2. The molecule has 0 saturated carbocycles. The smallest absolute Gasteiger partial charge is 0.235 e. The van der Waals surface area contributed by atoms with Crippen molar-refractivity contribution in [1.29, 1.82) is 0 Å². The minimum absolute atomic E-state index is 0.638. The number of hydrogen-bond donors (Lipinski definition) is 0. The summed E-state index contributed by atoms with van der Waals surface area (Å²) in [5.41, 5.74) is 13.0. The number of nitrogens with zero attached hydrogens (tertiary/aromatic N) is 5. The van der Waals surface area contributed by atoms with Crippen molar-refractivity contribution in [2.75, 3.05) is 0 Å². The van der Waals surface area contributed by atoms with E-state index in [2.05, 4.69) is 214 Å². The summed E-state index contributed by atoms with van der Waals surface area (Å²) in [5, 5.41) is 6.90. The Kier molecular flexibility index (Phi) is 6.86. The molecule has 4 heterocycles. The van der Waals surface area contributed by atoms with Crippen LogP contribution in [-0.2, 0) is 0 Å². The average Bonchev–Trinajstić information content (AvgIpc) is 3.94. The monoisotopic (exact) mass is 727 g/mol. The minimum atomic E-state index is 0.638. The lowest BCUT2D eigenvalue weighted by Crippen LogP contribution is -2.03. The predicted octanol–water partition coefficient (Wildman–Crippen LogP) is 13.1. The first-order chi connectivity index (χ1) is 28.3. The molecule has 0 aliphatic heterocycles. The van der Waals surface area contributed by atoms with Crippen molar-refractivity contribution in [2.24, 2.45) is 0 Å². The number of benzene rings is 8. The Morgan fingerprint density at radius 3 is 1.70 bits per heavy atom. The third kappa shape index (κ3) is 4.89. The zero-order valence-electron chi connectivity index (χ0n) is 30.8. The summed E-state index contributed by atoms with van der Waals surface area (Å²) >= 11 is 0. The van der Waals surface area contributed by atoms with Crippen molar-refractivity contribution in [2.45, 2.75) is 0 Å². The van der Waals surface area contributed by atoms with E-state index < -0.39 is 0 Å². The molecule has 0 aliphatic rings. The molecule has 57 heavy (non-hydrogen) atoms. The summed E-state index contributed by atoms with van der Waals surface area (Å²) in [6.45, 7) is 0. The van der Waals surface area contributed by atoms with Gasteiger partial charge in [0.2, 0.25) is 5.95 Å². The maximum atomic E-state index is 5.49. The van der Waals surface area contributed by atoms with Gasteiger partial charge in [-0.25, -0.2) is 9.97 Å². The molecule has 12 rings (SSSR count). The Morgan fingerprint density at radius 2 is 0.912 bits per heavy atom. The molecular formula is C52H33N5. The lowest BCUT2D eigenvalue weighted by atomic mass is 10.0. The van der Waals surface area contributed by atoms with Crippen LogP contribution in [0.3, 0.4) is 0 Å². The molecule has 0 N–H and O–H groups in total. The van der Waals surface area contributed by atoms with Gasteiger partial charge in [0.1, 0.15) is 0 Å². The van der Waals surface area contributed by atoms with Crippen molar-refractivity contribution >= 4 is 65.4 Å². The van der Waals surface area contributed by atoms with Gasteiger partial charge in [0.15, 0.2) is 0 Å². The van der Waals surface area contributed by atoms with E-state index in [1.807, 2.05) is 0 Å². The molecule has 0 fully saturated rings. The second kappa shape index (κ2) is 12.4. The summed E-state index contributed by atoms with van der Waals surface area (Å²) in [7, 11) is 0. The second-order valence-electron chi connectivity index (χ2n) is 14.7. The van der Waals surface area contributed by atoms with E-state index in [-0.39, 0.29) is 0 Å². The number of fused-ring (bicyclic) bond motifs is 8. The zero-order chi connectivity index (χ0) is 37.5. The van der Waals surface area contributed by atoms with Crippen LogP contribution < -0.4 is 0 Å². The minimum Gasteiger partial charge on any atom is -0.317 e. The fourth-order valence-electron chi connectivity index (χ4n) is 8.83. The van der Waals surface area contributed by atoms with Crippen LogP contribution in [0.15, 0.2) is 200 Å². The van der Waals surface area contributed by atoms with Crippen molar-refractivity contribution in [1.82, 2.24) is 23.7 Å². The van der Waals surface area contributed by atoms with Crippen LogP contribution in [0.5, 0.6) is 0 Å². The van der Waals surface area contributed by atoms with Crippen LogP contribution in [0, 0.1) is 0 Å². The second-order valence-corrected chi connectivity index (χ2v) is 14.7. The van der Waals surface area contributed by atoms with Gasteiger partial charge in [0, 0.05) is 55.5 Å². The van der Waals surface area contributed by atoms with Crippen LogP contribution in [0.25, 0.3) is 105 Å². The molecule has 0 radical (unpaired) electrons. The van der Waals surface area contributed by atoms with Gasteiger partial charge in [-0.3, -0.25) is 4.57 Å². The molecule has 0 atom stereocenters. The molecule has 4 aromatic heterocycles. The zero-order valence-corrected chi connectivity index (χ0v) is 30.8. The number of rotatable bonds is 5. The first-order valence-electron chi connectivity index (χ1n) is 19.3. The highest BCUT2D eigenvalue weighted by atomic mass is 15.2. The maximum absolute atomic E-state index is 5.49. The third-order valence-electron chi connectivity index (χ3n) is 11.5. The van der Waals surface area contributed by atoms with Crippen molar-refractivity contribution in [3.8, 4) is 39.7 Å². The molecule has 0 aliphatic carbocycles. The summed E-state index contributed by atoms with van der Waals surface area (Å²) in [4.78, 5) is 10.8. The third-order valence-corrected chi connectivity index (χ3v) is 11.5. The van der Waals surface area contributed by atoms with Crippen molar-refractivity contribution < 1.29 is 0 Å². The van der Waals surface area contributed by atoms with Gasteiger partial charge in [-0.05, 0) is 77.9 Å². The average molecular weight is 728 g/mol. The highest BCUT2D eigenvalue weighted by Crippen LogP contribution is 2.41. The summed E-state index contributed by atoms with van der Waals surface area (Å²) in [5.74, 6) is 0.638. The van der Waals surface area contributed by atoms with E-state index >= 15 is 0 Å². The Labute approximate surface area is 328 Å². The van der Waals surface area contributed by atoms with Crippen molar-refractivity contribution in [3.63, 3.8) is 0 Å². The van der Waals surface area contributed by atoms with Gasteiger partial charge in [-0.1, -0.05) is 127 Å².